The van der Waals surface area contributed by atoms with Gasteiger partial charge in [-0.15, -0.1) is 0 Å². The van der Waals surface area contributed by atoms with Gasteiger partial charge < -0.3 is 14.7 Å². The molecule has 1 N–H and O–H groups in total. The van der Waals surface area contributed by atoms with Crippen molar-refractivity contribution in [2.24, 2.45) is 0 Å². The molecule has 1 fully saturated rings. The number of hydrogen-bond acceptors (Lipinski definition) is 4. The summed E-state index contributed by atoms with van der Waals surface area (Å²) in [5.74, 6) is 0. The van der Waals surface area contributed by atoms with E-state index in [0.29, 0.717) is 39.0 Å². The van der Waals surface area contributed by atoms with E-state index in [1.807, 2.05) is 11.9 Å². The van der Waals surface area contributed by atoms with Crippen LogP contribution in [0.5, 0.6) is 0 Å². The van der Waals surface area contributed by atoms with E-state index in [9.17, 15) is 5.11 Å². The van der Waals surface area contributed by atoms with Crippen molar-refractivity contribution in [2.45, 2.75) is 24.9 Å². The number of aliphatic hydroxyl groups is 1. The summed E-state index contributed by atoms with van der Waals surface area (Å²) in [7, 11) is 1.94. The minimum Gasteiger partial charge on any atom is -0.388 e. The molecule has 80 valence electrons. The summed E-state index contributed by atoms with van der Waals surface area (Å²) in [6.07, 6.45) is 1.91. The lowest BCUT2D eigenvalue weighted by Gasteiger charge is -2.35. The number of nitrogens with zero attached hydrogens (tertiary/aromatic N) is 2. The molecular formula is C10H18N2O2. The molecule has 0 aromatic carbocycles. The maximum absolute atomic E-state index is 10.1. The van der Waals surface area contributed by atoms with Crippen molar-refractivity contribution in [1.29, 1.82) is 5.26 Å². The predicted molar refractivity (Wildman–Crippen MR) is 52.7 cm³/mol. The van der Waals surface area contributed by atoms with Gasteiger partial charge in [-0.05, 0) is 7.05 Å². The van der Waals surface area contributed by atoms with Crippen LogP contribution in [0.4, 0.5) is 0 Å². The molecule has 0 aromatic rings. The summed E-state index contributed by atoms with van der Waals surface area (Å²) >= 11 is 0. The molecule has 1 aliphatic rings. The van der Waals surface area contributed by atoms with Gasteiger partial charge in [0.2, 0.25) is 0 Å². The molecule has 0 atom stereocenters. The highest BCUT2D eigenvalue weighted by Crippen LogP contribution is 2.21. The molecule has 0 saturated carbocycles. The van der Waals surface area contributed by atoms with Crippen molar-refractivity contribution in [3.63, 3.8) is 0 Å². The maximum Gasteiger partial charge on any atom is 0.0817 e. The highest BCUT2D eigenvalue weighted by molar-refractivity contribution is 4.84. The van der Waals surface area contributed by atoms with Crippen LogP contribution in [0.2, 0.25) is 0 Å². The van der Waals surface area contributed by atoms with Gasteiger partial charge in [0.25, 0.3) is 0 Å². The largest absolute Gasteiger partial charge is 0.388 e. The van der Waals surface area contributed by atoms with E-state index >= 15 is 0 Å². The van der Waals surface area contributed by atoms with Gasteiger partial charge >= 0.3 is 0 Å². The van der Waals surface area contributed by atoms with Gasteiger partial charge in [-0.25, -0.2) is 0 Å². The fourth-order valence-electron chi connectivity index (χ4n) is 1.73. The van der Waals surface area contributed by atoms with E-state index in [4.69, 9.17) is 10.00 Å². The summed E-state index contributed by atoms with van der Waals surface area (Å²) in [6.45, 7) is 2.64. The van der Waals surface area contributed by atoms with Crippen LogP contribution in [-0.4, -0.2) is 49.0 Å². The molecule has 0 spiro atoms. The lowest BCUT2D eigenvalue weighted by atomic mass is 9.94. The van der Waals surface area contributed by atoms with Crippen LogP contribution in [0.25, 0.3) is 0 Å². The molecule has 4 nitrogen and oxygen atoms in total. The summed E-state index contributed by atoms with van der Waals surface area (Å²) in [6, 6.07) is 2.10. The highest BCUT2D eigenvalue weighted by Gasteiger charge is 2.30. The van der Waals surface area contributed by atoms with Crippen molar-refractivity contribution < 1.29 is 9.84 Å². The fourth-order valence-corrected chi connectivity index (χ4v) is 1.73. The molecule has 0 unspecified atom stereocenters. The molecule has 1 rings (SSSR count). The third-order valence-electron chi connectivity index (χ3n) is 2.59. The van der Waals surface area contributed by atoms with E-state index in [1.54, 1.807) is 0 Å². The summed E-state index contributed by atoms with van der Waals surface area (Å²) in [5, 5.41) is 18.6. The van der Waals surface area contributed by atoms with Crippen molar-refractivity contribution in [3.8, 4) is 6.07 Å². The van der Waals surface area contributed by atoms with E-state index < -0.39 is 5.60 Å². The molecular weight excluding hydrogens is 180 g/mol. The summed E-state index contributed by atoms with van der Waals surface area (Å²) < 4.78 is 5.20. The van der Waals surface area contributed by atoms with Gasteiger partial charge in [0.15, 0.2) is 0 Å². The number of likely N-dealkylation sites (N-methyl/N-ethyl adjacent to an activating group) is 1. The van der Waals surface area contributed by atoms with Crippen LogP contribution in [-0.2, 0) is 4.74 Å². The van der Waals surface area contributed by atoms with Gasteiger partial charge in [-0.2, -0.15) is 5.26 Å². The van der Waals surface area contributed by atoms with Crippen LogP contribution in [0.15, 0.2) is 0 Å². The smallest absolute Gasteiger partial charge is 0.0817 e. The lowest BCUT2D eigenvalue weighted by molar-refractivity contribution is -0.0766. The van der Waals surface area contributed by atoms with E-state index in [-0.39, 0.29) is 0 Å². The van der Waals surface area contributed by atoms with Crippen molar-refractivity contribution in [1.82, 2.24) is 4.90 Å². The van der Waals surface area contributed by atoms with Gasteiger partial charge in [0, 0.05) is 45.6 Å². The van der Waals surface area contributed by atoms with Gasteiger partial charge in [-0.3, -0.25) is 0 Å². The topological polar surface area (TPSA) is 56.5 Å². The fraction of sp³-hybridized carbons (Fsp3) is 0.900. The van der Waals surface area contributed by atoms with Crippen molar-refractivity contribution >= 4 is 0 Å². The second-order valence-corrected chi connectivity index (χ2v) is 3.98. The standard InChI is InChI=1S/C10H18N2O2/c1-12(6-2-5-11)9-10(13)3-7-14-8-4-10/h13H,2-4,6-9H2,1H3. The summed E-state index contributed by atoms with van der Waals surface area (Å²) in [5.41, 5.74) is -0.609. The third-order valence-corrected chi connectivity index (χ3v) is 2.59. The average molecular weight is 198 g/mol. The third kappa shape index (κ3) is 3.62. The van der Waals surface area contributed by atoms with Gasteiger partial charge in [0.05, 0.1) is 11.7 Å². The van der Waals surface area contributed by atoms with E-state index in [2.05, 4.69) is 6.07 Å². The quantitative estimate of drug-likeness (QED) is 0.709. The first kappa shape index (κ1) is 11.4. The Hall–Kier alpha value is -0.630. The molecule has 0 radical (unpaired) electrons. The molecule has 0 amide bonds. The van der Waals surface area contributed by atoms with Crippen LogP contribution < -0.4 is 0 Å². The minimum atomic E-state index is -0.609. The molecule has 1 aliphatic heterocycles. The first-order valence-corrected chi connectivity index (χ1v) is 5.02. The molecule has 1 heterocycles. The van der Waals surface area contributed by atoms with Crippen LogP contribution in [0, 0.1) is 11.3 Å². The zero-order valence-corrected chi connectivity index (χ0v) is 8.70. The zero-order valence-electron chi connectivity index (χ0n) is 8.70. The summed E-state index contributed by atoms with van der Waals surface area (Å²) in [4.78, 5) is 2.01. The molecule has 14 heavy (non-hydrogen) atoms. The normalized spacial score (nSPS) is 20.7. The van der Waals surface area contributed by atoms with Crippen LogP contribution in [0.1, 0.15) is 19.3 Å². The Morgan fingerprint density at radius 2 is 2.14 bits per heavy atom. The first-order chi connectivity index (χ1) is 6.66. The maximum atomic E-state index is 10.1. The highest BCUT2D eigenvalue weighted by atomic mass is 16.5. The second-order valence-electron chi connectivity index (χ2n) is 3.98. The van der Waals surface area contributed by atoms with Crippen LogP contribution in [0.3, 0.4) is 0 Å². The SMILES string of the molecule is CN(CCC#N)CC1(O)CCOCC1. The number of nitriles is 1. The number of hydrogen-bond donors (Lipinski definition) is 1. The van der Waals surface area contributed by atoms with E-state index in [0.717, 1.165) is 6.54 Å². The van der Waals surface area contributed by atoms with Crippen LogP contribution >= 0.6 is 0 Å². The van der Waals surface area contributed by atoms with Gasteiger partial charge in [-0.1, -0.05) is 0 Å². The van der Waals surface area contributed by atoms with Crippen molar-refractivity contribution in [2.75, 3.05) is 33.4 Å². The average Bonchev–Trinajstić information content (AvgIpc) is 2.15. The Morgan fingerprint density at radius 3 is 2.71 bits per heavy atom. The van der Waals surface area contributed by atoms with Gasteiger partial charge in [0.1, 0.15) is 0 Å². The minimum absolute atomic E-state index is 0.517. The molecule has 1 saturated heterocycles. The van der Waals surface area contributed by atoms with Crippen molar-refractivity contribution in [3.05, 3.63) is 0 Å². The monoisotopic (exact) mass is 198 g/mol. The Labute approximate surface area is 85.1 Å². The Kier molecular flexibility index (Phi) is 4.33. The Bertz CT molecular complexity index is 207. The first-order valence-electron chi connectivity index (χ1n) is 5.02. The number of rotatable bonds is 4. The predicted octanol–water partition coefficient (Wildman–Crippen LogP) is 0.373. The lowest BCUT2D eigenvalue weighted by Crippen LogP contribution is -2.45. The zero-order chi connectivity index (χ0) is 10.4. The molecule has 4 heteroatoms. The molecule has 0 aliphatic carbocycles. The second kappa shape index (κ2) is 5.30. The van der Waals surface area contributed by atoms with E-state index in [1.165, 1.54) is 0 Å². The number of ether oxygens (including phenoxy) is 1. The Morgan fingerprint density at radius 1 is 1.50 bits per heavy atom. The Balaban J connectivity index is 2.30. The molecule has 0 bridgehead atoms. The molecule has 0 aromatic heterocycles.